The van der Waals surface area contributed by atoms with Crippen molar-refractivity contribution in [1.29, 1.82) is 5.26 Å². The molecular formula is C22H42BN. The molecule has 1 saturated carbocycles. The van der Waals surface area contributed by atoms with Crippen LogP contribution in [0.3, 0.4) is 0 Å². The van der Waals surface area contributed by atoms with E-state index in [2.05, 4.69) is 34.7 Å². The summed E-state index contributed by atoms with van der Waals surface area (Å²) in [6, 6.07) is 2.64. The van der Waals surface area contributed by atoms with Crippen LogP contribution >= 0.6 is 0 Å². The van der Waals surface area contributed by atoms with Gasteiger partial charge < -0.3 is 0 Å². The lowest BCUT2D eigenvalue weighted by Gasteiger charge is -2.27. The topological polar surface area (TPSA) is 23.8 Å². The average Bonchev–Trinajstić information content (AvgIpc) is 2.52. The van der Waals surface area contributed by atoms with Crippen LogP contribution < -0.4 is 0 Å². The summed E-state index contributed by atoms with van der Waals surface area (Å²) in [6.45, 7) is 7.02. The number of nitriles is 1. The summed E-state index contributed by atoms with van der Waals surface area (Å²) < 4.78 is 0. The predicted molar refractivity (Wildman–Crippen MR) is 109 cm³/mol. The summed E-state index contributed by atoms with van der Waals surface area (Å²) in [7, 11) is 2.46. The molecule has 0 aromatic heterocycles. The molecule has 3 atom stereocenters. The van der Waals surface area contributed by atoms with Crippen molar-refractivity contribution in [3.63, 3.8) is 0 Å². The highest BCUT2D eigenvalue weighted by Crippen LogP contribution is 2.37. The van der Waals surface area contributed by atoms with Crippen molar-refractivity contribution in [2.24, 2.45) is 11.3 Å². The number of hydrogen-bond donors (Lipinski definition) is 0. The zero-order chi connectivity index (χ0) is 17.9. The van der Waals surface area contributed by atoms with Crippen LogP contribution in [0.5, 0.6) is 0 Å². The van der Waals surface area contributed by atoms with E-state index in [1.165, 1.54) is 83.5 Å². The van der Waals surface area contributed by atoms with Gasteiger partial charge in [-0.1, -0.05) is 103 Å². The van der Waals surface area contributed by atoms with Crippen molar-refractivity contribution in [2.75, 3.05) is 0 Å². The van der Waals surface area contributed by atoms with Gasteiger partial charge in [-0.05, 0) is 25.7 Å². The number of hydrogen-bond acceptors (Lipinski definition) is 1. The minimum Gasteiger partial charge on any atom is -0.198 e. The molecule has 3 unspecified atom stereocenters. The smallest absolute Gasteiger partial charge is 0.109 e. The first kappa shape index (κ1) is 21.6. The van der Waals surface area contributed by atoms with E-state index in [4.69, 9.17) is 0 Å². The zero-order valence-corrected chi connectivity index (χ0v) is 17.1. The Hall–Kier alpha value is -0.445. The molecular weight excluding hydrogens is 289 g/mol. The second-order valence-electron chi connectivity index (χ2n) is 9.72. The molecule has 0 aromatic carbocycles. The van der Waals surface area contributed by atoms with E-state index < -0.39 is 0 Å². The third-order valence-electron chi connectivity index (χ3n) is 6.20. The lowest BCUT2D eigenvalue weighted by atomic mass is 9.64. The molecule has 0 spiro atoms. The van der Waals surface area contributed by atoms with E-state index >= 15 is 0 Å². The summed E-state index contributed by atoms with van der Waals surface area (Å²) in [6.07, 6.45) is 19.9. The Balaban J connectivity index is 2.50. The van der Waals surface area contributed by atoms with Crippen molar-refractivity contribution in [1.82, 2.24) is 0 Å². The molecule has 0 radical (unpaired) electrons. The van der Waals surface area contributed by atoms with Crippen LogP contribution in [-0.4, -0.2) is 7.85 Å². The van der Waals surface area contributed by atoms with Gasteiger partial charge in [-0.2, -0.15) is 5.26 Å². The van der Waals surface area contributed by atoms with Gasteiger partial charge in [0.2, 0.25) is 0 Å². The van der Waals surface area contributed by atoms with Crippen LogP contribution in [0.25, 0.3) is 0 Å². The monoisotopic (exact) mass is 331 g/mol. The van der Waals surface area contributed by atoms with E-state index in [0.717, 1.165) is 12.8 Å². The highest BCUT2D eigenvalue weighted by molar-refractivity contribution is 6.14. The average molecular weight is 331 g/mol. The normalized spacial score (nSPS) is 36.2. The van der Waals surface area contributed by atoms with Gasteiger partial charge >= 0.3 is 0 Å². The molecule has 2 heteroatoms. The van der Waals surface area contributed by atoms with Crippen molar-refractivity contribution < 1.29 is 0 Å². The van der Waals surface area contributed by atoms with Gasteiger partial charge in [0.15, 0.2) is 0 Å². The van der Waals surface area contributed by atoms with Crippen molar-refractivity contribution >= 4 is 7.85 Å². The zero-order valence-electron chi connectivity index (χ0n) is 17.1. The maximum atomic E-state index is 9.64. The van der Waals surface area contributed by atoms with Gasteiger partial charge in [-0.15, -0.1) is 0 Å². The van der Waals surface area contributed by atoms with E-state index in [9.17, 15) is 5.26 Å². The molecule has 0 N–H and O–H groups in total. The molecule has 138 valence electrons. The van der Waals surface area contributed by atoms with Crippen molar-refractivity contribution in [3.05, 3.63) is 0 Å². The molecule has 1 rings (SSSR count). The predicted octanol–water partition coefficient (Wildman–Crippen LogP) is 6.83. The molecule has 1 aliphatic rings. The molecule has 0 heterocycles. The van der Waals surface area contributed by atoms with Crippen molar-refractivity contribution in [3.8, 4) is 6.07 Å². The maximum absolute atomic E-state index is 9.64. The molecule has 0 aliphatic heterocycles. The van der Waals surface area contributed by atoms with Crippen LogP contribution in [0.1, 0.15) is 117 Å². The summed E-state index contributed by atoms with van der Waals surface area (Å²) >= 11 is 0. The number of nitrogens with zero attached hydrogens (tertiary/aromatic N) is 1. The molecule has 0 amide bonds. The standard InChI is InChI=1S/C22H42BN/c1-20-14-10-13-17-22(3,23)16-12-9-7-5-4-6-8-11-15-21(2,18-20)19-24/h20H,4-18,23H2,1-3H3. The molecule has 1 nitrogen and oxygen atoms in total. The Morgan fingerprint density at radius 3 is 1.79 bits per heavy atom. The third kappa shape index (κ3) is 9.75. The molecule has 24 heavy (non-hydrogen) atoms. The maximum Gasteiger partial charge on any atom is 0.109 e. The fourth-order valence-electron chi connectivity index (χ4n) is 4.48. The lowest BCUT2D eigenvalue weighted by molar-refractivity contribution is 0.282. The highest BCUT2D eigenvalue weighted by Gasteiger charge is 2.26. The van der Waals surface area contributed by atoms with Crippen LogP contribution in [0.4, 0.5) is 0 Å². The van der Waals surface area contributed by atoms with E-state index in [1.54, 1.807) is 0 Å². The van der Waals surface area contributed by atoms with Gasteiger partial charge in [0.1, 0.15) is 7.85 Å². The molecule has 0 aromatic rings. The third-order valence-corrected chi connectivity index (χ3v) is 6.20. The van der Waals surface area contributed by atoms with E-state index in [0.29, 0.717) is 11.2 Å². The fraction of sp³-hybridized carbons (Fsp3) is 0.955. The Labute approximate surface area is 153 Å². The van der Waals surface area contributed by atoms with Crippen LogP contribution in [0.15, 0.2) is 0 Å². The Bertz CT molecular complexity index is 371. The second-order valence-corrected chi connectivity index (χ2v) is 9.72. The molecule has 0 saturated heterocycles. The van der Waals surface area contributed by atoms with Gasteiger partial charge in [-0.3, -0.25) is 0 Å². The summed E-state index contributed by atoms with van der Waals surface area (Å²) in [4.78, 5) is 0. The van der Waals surface area contributed by atoms with Gasteiger partial charge in [0.25, 0.3) is 0 Å². The van der Waals surface area contributed by atoms with Gasteiger partial charge in [0, 0.05) is 0 Å². The number of rotatable bonds is 0. The second kappa shape index (κ2) is 11.2. The van der Waals surface area contributed by atoms with Crippen LogP contribution in [-0.2, 0) is 0 Å². The van der Waals surface area contributed by atoms with Crippen LogP contribution in [0.2, 0.25) is 5.31 Å². The van der Waals surface area contributed by atoms with E-state index in [-0.39, 0.29) is 5.41 Å². The quantitative estimate of drug-likeness (QED) is 0.446. The summed E-state index contributed by atoms with van der Waals surface area (Å²) in [5.41, 5.74) is -0.0931. The molecule has 1 fully saturated rings. The Morgan fingerprint density at radius 1 is 0.792 bits per heavy atom. The fourth-order valence-corrected chi connectivity index (χ4v) is 4.48. The largest absolute Gasteiger partial charge is 0.198 e. The summed E-state index contributed by atoms with van der Waals surface area (Å²) in [5, 5.41) is 10.2. The Kier molecular flexibility index (Phi) is 10.1. The SMILES string of the molecule is BC1(C)CCCCCCCCCCC(C)(C#N)CC(C)CCCC1. The first-order valence-electron chi connectivity index (χ1n) is 10.8. The first-order chi connectivity index (χ1) is 11.4. The van der Waals surface area contributed by atoms with Crippen LogP contribution in [0, 0.1) is 22.7 Å². The lowest BCUT2D eigenvalue weighted by Crippen LogP contribution is -2.18. The van der Waals surface area contributed by atoms with Gasteiger partial charge in [0.05, 0.1) is 11.5 Å². The molecule has 0 bridgehead atoms. The van der Waals surface area contributed by atoms with Gasteiger partial charge in [-0.25, -0.2) is 0 Å². The first-order valence-corrected chi connectivity index (χ1v) is 10.8. The van der Waals surface area contributed by atoms with Crippen molar-refractivity contribution in [2.45, 2.75) is 122 Å². The molecule has 1 aliphatic carbocycles. The minimum absolute atomic E-state index is 0.0931. The summed E-state index contributed by atoms with van der Waals surface area (Å²) in [5.74, 6) is 0.691. The Morgan fingerprint density at radius 2 is 1.25 bits per heavy atom. The minimum atomic E-state index is -0.0931. The highest BCUT2D eigenvalue weighted by atomic mass is 14.4. The van der Waals surface area contributed by atoms with E-state index in [1.807, 2.05) is 0 Å².